The van der Waals surface area contributed by atoms with Crippen LogP contribution in [0.2, 0.25) is 0 Å². The summed E-state index contributed by atoms with van der Waals surface area (Å²) in [5, 5.41) is 2.71. The molecule has 1 aromatic rings. The minimum Gasteiger partial charge on any atom is -0.459 e. The van der Waals surface area contributed by atoms with E-state index in [1.807, 2.05) is 6.92 Å². The van der Waals surface area contributed by atoms with E-state index in [-0.39, 0.29) is 11.8 Å². The van der Waals surface area contributed by atoms with Crippen LogP contribution in [0.3, 0.4) is 0 Å². The lowest BCUT2D eigenvalue weighted by molar-refractivity contribution is -0.158. The molecule has 154 valence electrons. The van der Waals surface area contributed by atoms with Gasteiger partial charge in [-0.3, -0.25) is 14.4 Å². The van der Waals surface area contributed by atoms with Gasteiger partial charge in [-0.25, -0.2) is 0 Å². The molecule has 1 saturated heterocycles. The largest absolute Gasteiger partial charge is 0.459 e. The molecule has 0 aliphatic carbocycles. The molecule has 7 heteroatoms. The molecule has 2 unspecified atom stereocenters. The van der Waals surface area contributed by atoms with Crippen molar-refractivity contribution in [2.24, 2.45) is 5.73 Å². The second-order valence-electron chi connectivity index (χ2n) is 8.33. The smallest absolute Gasteiger partial charge is 0.325 e. The first kappa shape index (κ1) is 21.9. The summed E-state index contributed by atoms with van der Waals surface area (Å²) >= 11 is 0. The summed E-state index contributed by atoms with van der Waals surface area (Å²) in [5.41, 5.74) is 7.51. The molecule has 1 heterocycles. The van der Waals surface area contributed by atoms with Gasteiger partial charge in [-0.15, -0.1) is 0 Å². The fourth-order valence-electron chi connectivity index (χ4n) is 3.45. The molecule has 2 amide bonds. The maximum Gasteiger partial charge on any atom is 0.325 e. The fourth-order valence-corrected chi connectivity index (χ4v) is 3.45. The summed E-state index contributed by atoms with van der Waals surface area (Å²) in [7, 11) is 0. The Bertz CT molecular complexity index is 755. The van der Waals surface area contributed by atoms with Crippen molar-refractivity contribution >= 4 is 23.5 Å². The topological polar surface area (TPSA) is 102 Å². The number of rotatable bonds is 4. The molecule has 0 aromatic heterocycles. The molecule has 1 aliphatic rings. The number of carbonyl (C=O) groups is 3. The number of hydrogen-bond acceptors (Lipinski definition) is 5. The molecule has 0 radical (unpaired) electrons. The highest BCUT2D eigenvalue weighted by Gasteiger charge is 2.37. The van der Waals surface area contributed by atoms with Gasteiger partial charge >= 0.3 is 5.97 Å². The molecular weight excluding hydrogens is 358 g/mol. The van der Waals surface area contributed by atoms with Crippen LogP contribution in [0.25, 0.3) is 0 Å². The van der Waals surface area contributed by atoms with Crippen molar-refractivity contribution in [3.05, 3.63) is 29.3 Å². The second-order valence-corrected chi connectivity index (χ2v) is 8.33. The Balaban J connectivity index is 2.22. The molecule has 1 fully saturated rings. The van der Waals surface area contributed by atoms with Gasteiger partial charge in [-0.05, 0) is 70.7 Å². The van der Waals surface area contributed by atoms with E-state index in [9.17, 15) is 14.4 Å². The number of anilines is 1. The van der Waals surface area contributed by atoms with Crippen molar-refractivity contribution in [3.63, 3.8) is 0 Å². The van der Waals surface area contributed by atoms with Gasteiger partial charge in [-0.1, -0.05) is 0 Å². The lowest BCUT2D eigenvalue weighted by Gasteiger charge is -2.39. The van der Waals surface area contributed by atoms with Crippen molar-refractivity contribution in [1.29, 1.82) is 0 Å². The Morgan fingerprint density at radius 1 is 1.25 bits per heavy atom. The van der Waals surface area contributed by atoms with E-state index in [4.69, 9.17) is 10.5 Å². The second kappa shape index (κ2) is 8.73. The molecule has 0 spiro atoms. The fraction of sp³-hybridized carbons (Fsp3) is 0.571. The molecule has 0 bridgehead atoms. The average Bonchev–Trinajstić information content (AvgIpc) is 2.58. The highest BCUT2D eigenvalue weighted by molar-refractivity contribution is 5.97. The highest BCUT2D eigenvalue weighted by Crippen LogP contribution is 2.25. The molecular formula is C21H31N3O4. The number of hydrogen-bond donors (Lipinski definition) is 2. The van der Waals surface area contributed by atoms with Crippen LogP contribution in [0, 0.1) is 6.92 Å². The molecule has 2 atom stereocenters. The van der Waals surface area contributed by atoms with E-state index < -0.39 is 23.7 Å². The maximum absolute atomic E-state index is 13.2. The van der Waals surface area contributed by atoms with E-state index >= 15 is 0 Å². The number of nitrogens with two attached hydrogens (primary N) is 1. The average molecular weight is 389 g/mol. The molecule has 1 aromatic carbocycles. The van der Waals surface area contributed by atoms with Crippen LogP contribution in [0.4, 0.5) is 5.69 Å². The number of likely N-dealkylation sites (tertiary alicyclic amines) is 1. The van der Waals surface area contributed by atoms with Crippen molar-refractivity contribution in [2.45, 2.75) is 71.6 Å². The van der Waals surface area contributed by atoms with Gasteiger partial charge in [0.05, 0.1) is 6.04 Å². The summed E-state index contributed by atoms with van der Waals surface area (Å²) in [5.74, 6) is -0.816. The van der Waals surface area contributed by atoms with Crippen molar-refractivity contribution in [1.82, 2.24) is 4.90 Å². The summed E-state index contributed by atoms with van der Waals surface area (Å²) in [4.78, 5) is 38.6. The summed E-state index contributed by atoms with van der Waals surface area (Å²) in [6, 6.07) is 3.89. The van der Waals surface area contributed by atoms with Gasteiger partial charge in [0.25, 0.3) is 5.91 Å². The van der Waals surface area contributed by atoms with Gasteiger partial charge in [0.2, 0.25) is 5.91 Å². The van der Waals surface area contributed by atoms with Crippen LogP contribution in [-0.4, -0.2) is 46.9 Å². The third kappa shape index (κ3) is 5.55. The lowest BCUT2D eigenvalue weighted by Crippen LogP contribution is -2.57. The van der Waals surface area contributed by atoms with E-state index in [2.05, 4.69) is 5.32 Å². The predicted octanol–water partition coefficient (Wildman–Crippen LogP) is 2.62. The van der Waals surface area contributed by atoms with E-state index in [1.54, 1.807) is 43.9 Å². The van der Waals surface area contributed by atoms with Gasteiger partial charge in [0.15, 0.2) is 0 Å². The number of esters is 1. The first-order chi connectivity index (χ1) is 13.0. The van der Waals surface area contributed by atoms with Crippen molar-refractivity contribution < 1.29 is 19.1 Å². The van der Waals surface area contributed by atoms with Gasteiger partial charge in [0, 0.05) is 24.7 Å². The Morgan fingerprint density at radius 2 is 1.93 bits per heavy atom. The molecule has 1 aliphatic heterocycles. The number of ether oxygens (including phenoxy) is 1. The summed E-state index contributed by atoms with van der Waals surface area (Å²) in [6.45, 7) is 9.19. The number of nitrogens with zero attached hydrogens (tertiary/aromatic N) is 1. The number of amides is 2. The summed E-state index contributed by atoms with van der Waals surface area (Å²) < 4.78 is 5.42. The molecule has 28 heavy (non-hydrogen) atoms. The van der Waals surface area contributed by atoms with Crippen LogP contribution in [-0.2, 0) is 14.3 Å². The standard InChI is InChI=1S/C21H31N3O4/c1-13-12-15(23-14(2)25)9-10-16(13)19(26)24-11-7-6-8-17(24)18(22)20(27)28-21(3,4)5/h9-10,12,17-18H,6-8,11,22H2,1-5H3,(H,23,25). The molecule has 7 nitrogen and oxygen atoms in total. The number of piperidine rings is 1. The van der Waals surface area contributed by atoms with Crippen molar-refractivity contribution in [2.75, 3.05) is 11.9 Å². The summed E-state index contributed by atoms with van der Waals surface area (Å²) in [6.07, 6.45) is 2.44. The van der Waals surface area contributed by atoms with Crippen LogP contribution >= 0.6 is 0 Å². The van der Waals surface area contributed by atoms with Crippen LogP contribution in [0.15, 0.2) is 18.2 Å². The van der Waals surface area contributed by atoms with E-state index in [0.29, 0.717) is 24.2 Å². The number of benzene rings is 1. The van der Waals surface area contributed by atoms with Crippen molar-refractivity contribution in [3.8, 4) is 0 Å². The van der Waals surface area contributed by atoms with Gasteiger partial charge in [0.1, 0.15) is 11.6 Å². The number of aryl methyl sites for hydroxylation is 1. The number of carbonyl (C=O) groups excluding carboxylic acids is 3. The zero-order chi connectivity index (χ0) is 21.1. The first-order valence-electron chi connectivity index (χ1n) is 9.67. The predicted molar refractivity (Wildman–Crippen MR) is 108 cm³/mol. The van der Waals surface area contributed by atoms with Gasteiger partial charge < -0.3 is 20.7 Å². The first-order valence-corrected chi connectivity index (χ1v) is 9.67. The Labute approximate surface area is 166 Å². The van der Waals surface area contributed by atoms with E-state index in [1.165, 1.54) is 6.92 Å². The molecule has 0 saturated carbocycles. The lowest BCUT2D eigenvalue weighted by atomic mass is 9.94. The third-order valence-corrected chi connectivity index (χ3v) is 4.68. The Morgan fingerprint density at radius 3 is 2.50 bits per heavy atom. The Kier molecular flexibility index (Phi) is 6.82. The van der Waals surface area contributed by atoms with Crippen LogP contribution in [0.5, 0.6) is 0 Å². The maximum atomic E-state index is 13.2. The normalized spacial score (nSPS) is 18.4. The minimum atomic E-state index is -0.887. The minimum absolute atomic E-state index is 0.157. The van der Waals surface area contributed by atoms with E-state index in [0.717, 1.165) is 18.4 Å². The number of nitrogens with one attached hydrogen (secondary N) is 1. The highest BCUT2D eigenvalue weighted by atomic mass is 16.6. The van der Waals surface area contributed by atoms with Gasteiger partial charge in [-0.2, -0.15) is 0 Å². The van der Waals surface area contributed by atoms with Crippen LogP contribution < -0.4 is 11.1 Å². The third-order valence-electron chi connectivity index (χ3n) is 4.68. The Hall–Kier alpha value is -2.41. The molecule has 3 N–H and O–H groups in total. The zero-order valence-corrected chi connectivity index (χ0v) is 17.4. The molecule has 2 rings (SSSR count). The monoisotopic (exact) mass is 389 g/mol. The van der Waals surface area contributed by atoms with Crippen LogP contribution in [0.1, 0.15) is 62.9 Å². The quantitative estimate of drug-likeness (QED) is 0.771. The zero-order valence-electron chi connectivity index (χ0n) is 17.4. The SMILES string of the molecule is CC(=O)Nc1ccc(C(=O)N2CCCCC2C(N)C(=O)OC(C)(C)C)c(C)c1.